The molecule has 1 amide bonds. The van der Waals surface area contributed by atoms with Crippen molar-refractivity contribution in [2.45, 2.75) is 76.8 Å². The molecule has 2 aliphatic rings. The molecular weight excluding hydrogens is 583 g/mol. The maximum absolute atomic E-state index is 12.7. The van der Waals surface area contributed by atoms with E-state index in [2.05, 4.69) is 10.2 Å². The highest BCUT2D eigenvalue weighted by molar-refractivity contribution is 6.32. The van der Waals surface area contributed by atoms with Crippen LogP contribution in [0.25, 0.3) is 0 Å². The third-order valence-electron chi connectivity index (χ3n) is 7.29. The predicted octanol–water partition coefficient (Wildman–Crippen LogP) is 5.06. The summed E-state index contributed by atoms with van der Waals surface area (Å²) in [7, 11) is 1.50. The molecule has 0 radical (unpaired) electrons. The fraction of sp³-hybridized carbons (Fsp3) is 0.548. The Morgan fingerprint density at radius 1 is 1.10 bits per heavy atom. The molecule has 2 heterocycles. The molecule has 4 rings (SSSR count). The zero-order valence-electron chi connectivity index (χ0n) is 25.0. The number of nitrogens with zero attached hydrogens (tertiary/aromatic N) is 1. The number of carbonyl (C=O) groups excluding carboxylic acids is 2. The predicted molar refractivity (Wildman–Crippen MR) is 161 cm³/mol. The molecule has 2 aliphatic heterocycles. The van der Waals surface area contributed by atoms with Gasteiger partial charge in [-0.3, -0.25) is 4.79 Å². The quantitative estimate of drug-likeness (QED) is 0.374. The lowest BCUT2D eigenvalue weighted by molar-refractivity contribution is -0.170. The molecule has 0 aromatic heterocycles. The number of aliphatic hydroxyl groups excluding tert-OH is 1. The number of aliphatic hydroxyl groups is 1. The second-order valence-corrected chi connectivity index (χ2v) is 13.3. The number of carbonyl (C=O) groups is 2. The minimum Gasteiger partial charge on any atom is -0.490 e. The molecule has 11 heteroatoms. The summed E-state index contributed by atoms with van der Waals surface area (Å²) in [6.07, 6.45) is 1.67. The summed E-state index contributed by atoms with van der Waals surface area (Å²) in [6, 6.07) is 8.62. The first kappa shape index (κ1) is 32.2. The number of esters is 1. The lowest BCUT2D eigenvalue weighted by atomic mass is 9.87. The zero-order valence-corrected chi connectivity index (χ0v) is 26.5. The molecular formula is C31H40Cl2N2O7. The van der Waals surface area contributed by atoms with E-state index in [0.29, 0.717) is 11.6 Å². The summed E-state index contributed by atoms with van der Waals surface area (Å²) in [5.41, 5.74) is -0.995. The van der Waals surface area contributed by atoms with Crippen LogP contribution in [-0.2, 0) is 16.0 Å². The molecule has 2 aromatic rings. The molecule has 1 spiro atoms. The van der Waals surface area contributed by atoms with Crippen molar-refractivity contribution in [1.29, 1.82) is 0 Å². The number of nitrogens with one attached hydrogen (secondary N) is 1. The molecule has 1 fully saturated rings. The van der Waals surface area contributed by atoms with Crippen molar-refractivity contribution in [1.82, 2.24) is 10.2 Å². The summed E-state index contributed by atoms with van der Waals surface area (Å²) in [5, 5.41) is 14.2. The Morgan fingerprint density at radius 2 is 1.79 bits per heavy atom. The van der Waals surface area contributed by atoms with E-state index in [9.17, 15) is 14.7 Å². The van der Waals surface area contributed by atoms with E-state index in [1.165, 1.54) is 19.2 Å². The van der Waals surface area contributed by atoms with Crippen LogP contribution in [0.5, 0.6) is 17.2 Å². The van der Waals surface area contributed by atoms with Gasteiger partial charge in [-0.05, 0) is 64.4 Å². The van der Waals surface area contributed by atoms with Gasteiger partial charge in [-0.25, -0.2) is 4.79 Å². The van der Waals surface area contributed by atoms with Crippen LogP contribution in [0.2, 0.25) is 10.0 Å². The number of likely N-dealkylation sites (tertiary alicyclic amines) is 1. The number of halogens is 2. The van der Waals surface area contributed by atoms with Crippen LogP contribution in [0.3, 0.4) is 0 Å². The van der Waals surface area contributed by atoms with Gasteiger partial charge in [0.15, 0.2) is 5.60 Å². The Morgan fingerprint density at radius 3 is 2.43 bits per heavy atom. The molecule has 9 nitrogen and oxygen atoms in total. The van der Waals surface area contributed by atoms with E-state index in [1.54, 1.807) is 34.6 Å². The van der Waals surface area contributed by atoms with Gasteiger partial charge < -0.3 is 34.3 Å². The van der Waals surface area contributed by atoms with Gasteiger partial charge in [0.1, 0.15) is 41.2 Å². The lowest BCUT2D eigenvalue weighted by Crippen LogP contribution is -2.49. The van der Waals surface area contributed by atoms with E-state index < -0.39 is 29.2 Å². The highest BCUT2D eigenvalue weighted by atomic mass is 35.5. The maximum atomic E-state index is 12.7. The number of hydrogen-bond acceptors (Lipinski definition) is 8. The standard InChI is InChI=1S/C31H40Cl2N2O7/c1-29(2,3)42-28(38)30(4,5)40-26-15-25(22(14-23(26)33)27(37)34-6)39-18-21(36)17-35-11-9-31(10-12-35)16-19-13-20(32)7-8-24(19)41-31/h7-8,13-15,21,36H,9-12,16-18H2,1-6H3,(H,34,37). The average molecular weight is 624 g/mol. The molecule has 2 aromatic carbocycles. The molecule has 1 saturated heterocycles. The monoisotopic (exact) mass is 622 g/mol. The lowest BCUT2D eigenvalue weighted by Gasteiger charge is -2.39. The summed E-state index contributed by atoms with van der Waals surface area (Å²) >= 11 is 12.6. The molecule has 0 bridgehead atoms. The second kappa shape index (κ2) is 12.5. The number of hydrogen-bond donors (Lipinski definition) is 2. The summed E-state index contributed by atoms with van der Waals surface area (Å²) in [4.78, 5) is 27.5. The van der Waals surface area contributed by atoms with Crippen LogP contribution >= 0.6 is 23.2 Å². The first-order chi connectivity index (χ1) is 19.6. The van der Waals surface area contributed by atoms with Gasteiger partial charge in [0.2, 0.25) is 0 Å². The summed E-state index contributed by atoms with van der Waals surface area (Å²) in [5.74, 6) is 0.220. The Hall–Kier alpha value is -2.72. The van der Waals surface area contributed by atoms with Gasteiger partial charge in [-0.1, -0.05) is 23.2 Å². The fourth-order valence-corrected chi connectivity index (χ4v) is 5.52. The Bertz CT molecular complexity index is 1320. The smallest absolute Gasteiger partial charge is 0.350 e. The summed E-state index contributed by atoms with van der Waals surface area (Å²) in [6.45, 7) is 10.3. The number of amides is 1. The molecule has 1 unspecified atom stereocenters. The number of benzene rings is 2. The van der Waals surface area contributed by atoms with E-state index in [0.717, 1.165) is 43.7 Å². The van der Waals surface area contributed by atoms with Gasteiger partial charge in [0.05, 0.1) is 10.6 Å². The molecule has 0 aliphatic carbocycles. The number of ether oxygens (including phenoxy) is 4. The van der Waals surface area contributed by atoms with E-state index in [1.807, 2.05) is 18.2 Å². The van der Waals surface area contributed by atoms with Crippen LogP contribution in [0.4, 0.5) is 0 Å². The maximum Gasteiger partial charge on any atom is 0.350 e. The zero-order chi connectivity index (χ0) is 30.9. The van der Waals surface area contributed by atoms with E-state index in [4.69, 9.17) is 42.1 Å². The van der Waals surface area contributed by atoms with Gasteiger partial charge in [-0.15, -0.1) is 0 Å². The van der Waals surface area contributed by atoms with Crippen molar-refractivity contribution in [2.24, 2.45) is 0 Å². The third kappa shape index (κ3) is 7.81. The minimum absolute atomic E-state index is 0.0669. The Kier molecular flexibility index (Phi) is 9.57. The first-order valence-corrected chi connectivity index (χ1v) is 14.8. The van der Waals surface area contributed by atoms with Crippen molar-refractivity contribution < 1.29 is 33.6 Å². The topological polar surface area (TPSA) is 107 Å². The van der Waals surface area contributed by atoms with Crippen molar-refractivity contribution in [2.75, 3.05) is 33.3 Å². The van der Waals surface area contributed by atoms with Gasteiger partial charge in [0.25, 0.3) is 5.91 Å². The number of β-amino-alcohol motifs (C(OH)–C–C–N with tert-alkyl or cyclic N) is 1. The van der Waals surface area contributed by atoms with Crippen LogP contribution in [0.1, 0.15) is 63.4 Å². The van der Waals surface area contributed by atoms with Gasteiger partial charge >= 0.3 is 5.97 Å². The minimum atomic E-state index is -1.37. The number of fused-ring (bicyclic) bond motifs is 1. The van der Waals surface area contributed by atoms with E-state index in [-0.39, 0.29) is 34.3 Å². The van der Waals surface area contributed by atoms with Crippen molar-refractivity contribution in [3.05, 3.63) is 51.5 Å². The van der Waals surface area contributed by atoms with Gasteiger partial charge in [0, 0.05) is 57.0 Å². The fourth-order valence-electron chi connectivity index (χ4n) is 5.12. The second-order valence-electron chi connectivity index (χ2n) is 12.5. The third-order valence-corrected chi connectivity index (χ3v) is 7.82. The van der Waals surface area contributed by atoms with Crippen molar-refractivity contribution in [3.8, 4) is 17.2 Å². The average Bonchev–Trinajstić information content (AvgIpc) is 3.25. The number of rotatable bonds is 9. The largest absolute Gasteiger partial charge is 0.490 e. The highest BCUT2D eigenvalue weighted by Crippen LogP contribution is 2.42. The molecule has 0 saturated carbocycles. The molecule has 2 N–H and O–H groups in total. The van der Waals surface area contributed by atoms with Crippen LogP contribution in [0.15, 0.2) is 30.3 Å². The Balaban J connectivity index is 1.37. The SMILES string of the molecule is CNC(=O)c1cc(Cl)c(OC(C)(C)C(=O)OC(C)(C)C)cc1OCC(O)CN1CCC2(CC1)Cc1cc(Cl)ccc1O2. The van der Waals surface area contributed by atoms with Crippen LogP contribution < -0.4 is 19.5 Å². The van der Waals surface area contributed by atoms with Crippen LogP contribution in [-0.4, -0.2) is 78.1 Å². The van der Waals surface area contributed by atoms with Crippen molar-refractivity contribution >= 4 is 35.1 Å². The highest BCUT2D eigenvalue weighted by Gasteiger charge is 2.42. The Labute approximate surface area is 257 Å². The van der Waals surface area contributed by atoms with Gasteiger partial charge in [-0.2, -0.15) is 0 Å². The molecule has 42 heavy (non-hydrogen) atoms. The van der Waals surface area contributed by atoms with Crippen LogP contribution in [0, 0.1) is 0 Å². The molecule has 1 atom stereocenters. The molecule has 230 valence electrons. The first-order valence-electron chi connectivity index (χ1n) is 14.1. The van der Waals surface area contributed by atoms with Crippen molar-refractivity contribution in [3.63, 3.8) is 0 Å². The summed E-state index contributed by atoms with van der Waals surface area (Å²) < 4.78 is 23.7. The van der Waals surface area contributed by atoms with E-state index >= 15 is 0 Å². The number of piperidine rings is 1. The normalized spacial score (nSPS) is 17.3.